The van der Waals surface area contributed by atoms with Gasteiger partial charge in [-0.25, -0.2) is 19.1 Å². The van der Waals surface area contributed by atoms with Gasteiger partial charge in [-0.2, -0.15) is 0 Å². The predicted molar refractivity (Wildman–Crippen MR) is 333 cm³/mol. The molecule has 0 aliphatic heterocycles. The van der Waals surface area contributed by atoms with Gasteiger partial charge in [-0.15, -0.1) is 5.10 Å². The van der Waals surface area contributed by atoms with Gasteiger partial charge in [0, 0.05) is 18.9 Å². The molecule has 2 atom stereocenters. The Morgan fingerprint density at radius 2 is 0.854 bits per heavy atom. The number of esters is 3. The van der Waals surface area contributed by atoms with Crippen LogP contribution in [0, 0.1) is 0 Å². The SMILES string of the molecule is C.C.C.CC.CC.CC.CC[C@H](C(=O)O)c1ccc(COC(=O)c2ccccc2)cc1.CCn1nnc2ccccc21.[3H]C(=O)Cc1ccc(COC(=O)c2ccccc2)cc1.[3H]C(=O)[C@@H](CC)c1ccc(COC(=O)c2ccccc2)cc1. The summed E-state index contributed by atoms with van der Waals surface area (Å²) in [6.45, 7) is 19.2. The minimum Gasteiger partial charge on any atom is -0.481 e. The van der Waals surface area contributed by atoms with Crippen molar-refractivity contribution in [3.8, 4) is 0 Å². The number of carbonyl (C=O) groups excluding carboxylic acids is 5. The fraction of sp³-hybridized carbons (Fsp3) is 0.304. The van der Waals surface area contributed by atoms with Crippen LogP contribution in [0.3, 0.4) is 0 Å². The Hall–Kier alpha value is -8.84. The van der Waals surface area contributed by atoms with Gasteiger partial charge in [0.25, 0.3) is 0 Å². The van der Waals surface area contributed by atoms with Gasteiger partial charge in [-0.1, -0.05) is 222 Å². The quantitative estimate of drug-likeness (QED) is 0.0488. The minimum atomic E-state index is -0.828. The molecule has 13 nitrogen and oxygen atoms in total. The summed E-state index contributed by atoms with van der Waals surface area (Å²) in [5.74, 6) is -2.82. The first-order valence-electron chi connectivity index (χ1n) is 27.7. The van der Waals surface area contributed by atoms with Crippen LogP contribution in [0.4, 0.5) is 0 Å². The molecule has 82 heavy (non-hydrogen) atoms. The number of aldehydes is 2. The molecule has 1 heterocycles. The molecule has 0 spiro atoms. The molecule has 0 bridgehead atoms. The number of para-hydroxylation sites is 1. The van der Waals surface area contributed by atoms with E-state index in [0.717, 1.165) is 51.0 Å². The van der Waals surface area contributed by atoms with Gasteiger partial charge in [0.05, 0.1) is 28.1 Å². The number of aliphatic carboxylic acids is 1. The van der Waals surface area contributed by atoms with E-state index >= 15 is 0 Å². The van der Waals surface area contributed by atoms with E-state index in [4.69, 9.17) is 22.1 Å². The normalized spacial score (nSPS) is 10.4. The third-order valence-electron chi connectivity index (χ3n) is 11.2. The van der Waals surface area contributed by atoms with Gasteiger partial charge in [-0.3, -0.25) is 4.79 Å². The molecular weight excluding hydrogens is 1030 g/mol. The largest absolute Gasteiger partial charge is 0.481 e. The number of hydrogen-bond donors (Lipinski definition) is 1. The molecule has 0 unspecified atom stereocenters. The summed E-state index contributed by atoms with van der Waals surface area (Å²) in [4.78, 5) is 68.4. The zero-order valence-electron chi connectivity index (χ0n) is 49.0. The molecule has 0 aliphatic rings. The number of aryl methyl sites for hydroxylation is 1. The standard InChI is InChI=1S/C18H18O4.C18H18O3.C16H14O3.C8H9N3.3C2H6.3CH4/c1-2-16(17(19)20)14-10-8-13(9-11-14)12-22-18(21)15-6-4-3-5-7-15;1-2-15(12-19)16-10-8-14(9-11-16)13-21-18(20)17-6-4-3-5-7-17;17-11-10-13-6-8-14(9-7-13)12-19-16(18)15-4-2-1-3-5-15;1-2-11-8-6-4-3-5-7(8)9-10-11;3*1-2;;;/h3-11,16H,2,12H2,1H3,(H,19,20);3-12,15H,2,13H2,1H3;1-9,11H,10,12H2;3-6H,2H2,1H3;3*1-2H3;3*1H4/t16-;15-;;;;;;;;/m01......../s1/i;12T;11T;;;;;;;. The third-order valence-corrected chi connectivity index (χ3v) is 11.2. The maximum Gasteiger partial charge on any atom is 0.338 e. The summed E-state index contributed by atoms with van der Waals surface area (Å²) in [6.07, 6.45) is 0.0471. The number of nitrogens with zero attached hydrogens (tertiary/aromatic N) is 3. The fourth-order valence-corrected chi connectivity index (χ4v) is 7.04. The van der Waals surface area contributed by atoms with Crippen LogP contribution in [0.25, 0.3) is 11.0 Å². The Balaban J connectivity index is 0. The highest BCUT2D eigenvalue weighted by Gasteiger charge is 2.17. The minimum absolute atomic E-state index is 0. The van der Waals surface area contributed by atoms with Crippen molar-refractivity contribution in [2.24, 2.45) is 0 Å². The van der Waals surface area contributed by atoms with E-state index in [-0.39, 0.29) is 72.3 Å². The lowest BCUT2D eigenvalue weighted by Crippen LogP contribution is -2.10. The molecule has 1 N–H and O–H groups in total. The van der Waals surface area contributed by atoms with Gasteiger partial charge in [0.1, 0.15) is 40.6 Å². The van der Waals surface area contributed by atoms with Gasteiger partial charge < -0.3 is 28.9 Å². The zero-order chi connectivity index (χ0) is 60.0. The first-order valence-corrected chi connectivity index (χ1v) is 26.7. The molecule has 8 rings (SSSR count). The second kappa shape index (κ2) is 45.0. The van der Waals surface area contributed by atoms with E-state index in [0.29, 0.717) is 29.5 Å². The van der Waals surface area contributed by atoms with Crippen molar-refractivity contribution >= 4 is 47.4 Å². The van der Waals surface area contributed by atoms with Gasteiger partial charge in [-0.05, 0) is 102 Å². The van der Waals surface area contributed by atoms with E-state index in [1.807, 2.05) is 127 Å². The number of ether oxygens (including phenoxy) is 3. The highest BCUT2D eigenvalue weighted by molar-refractivity contribution is 5.90. The number of aromatic nitrogens is 3. The number of benzene rings is 7. The predicted octanol–water partition coefficient (Wildman–Crippen LogP) is 16.6. The summed E-state index contributed by atoms with van der Waals surface area (Å²) >= 11 is 0. The second-order valence-corrected chi connectivity index (χ2v) is 16.2. The van der Waals surface area contributed by atoms with Crippen LogP contribution in [0.2, 0.25) is 0 Å². The molecule has 0 radical (unpaired) electrons. The molecule has 8 aromatic rings. The van der Waals surface area contributed by atoms with Crippen LogP contribution in [-0.4, -0.2) is 56.5 Å². The number of carboxylic acids is 1. The van der Waals surface area contributed by atoms with Crippen molar-refractivity contribution in [2.75, 3.05) is 0 Å². The van der Waals surface area contributed by atoms with Crippen molar-refractivity contribution in [1.82, 2.24) is 15.0 Å². The molecular formula is C69H89N3O10. The van der Waals surface area contributed by atoms with Gasteiger partial charge in [0.2, 0.25) is 0 Å². The lowest BCUT2D eigenvalue weighted by atomic mass is 9.96. The van der Waals surface area contributed by atoms with Crippen LogP contribution >= 0.6 is 0 Å². The Morgan fingerprint density at radius 1 is 0.500 bits per heavy atom. The Morgan fingerprint density at radius 3 is 1.20 bits per heavy atom. The first kappa shape index (κ1) is 71.2. The molecule has 7 aromatic carbocycles. The Labute approximate surface area is 491 Å². The Kier molecular flexibility index (Phi) is 39.0. The van der Waals surface area contributed by atoms with Crippen LogP contribution in [0.15, 0.2) is 188 Å². The van der Waals surface area contributed by atoms with E-state index in [9.17, 15) is 28.8 Å². The van der Waals surface area contributed by atoms with E-state index in [1.165, 1.54) is 0 Å². The van der Waals surface area contributed by atoms with Crippen molar-refractivity contribution in [3.05, 3.63) is 238 Å². The molecule has 1 aromatic heterocycles. The van der Waals surface area contributed by atoms with Gasteiger partial charge >= 0.3 is 23.9 Å². The Bertz CT molecular complexity index is 2950. The number of carbonyl (C=O) groups is 6. The molecule has 0 saturated heterocycles. The zero-order valence-corrected chi connectivity index (χ0v) is 47.0. The average molecular weight is 1120 g/mol. The number of fused-ring (bicyclic) bond motifs is 1. The number of hydrogen-bond acceptors (Lipinski definition) is 11. The average Bonchev–Trinajstić information content (AvgIpc) is 4.12. The molecule has 0 saturated carbocycles. The maximum atomic E-state index is 11.8. The third kappa shape index (κ3) is 26.4. The van der Waals surface area contributed by atoms with Crippen LogP contribution < -0.4 is 0 Å². The molecule has 0 aliphatic carbocycles. The highest BCUT2D eigenvalue weighted by Crippen LogP contribution is 2.21. The number of carboxylic acid groups (broad SMARTS) is 1. The van der Waals surface area contributed by atoms with E-state index in [2.05, 4.69) is 17.2 Å². The van der Waals surface area contributed by atoms with Crippen molar-refractivity contribution in [2.45, 2.75) is 142 Å². The van der Waals surface area contributed by atoms with Crippen molar-refractivity contribution in [1.29, 1.82) is 0 Å². The molecule has 0 amide bonds. The van der Waals surface area contributed by atoms with Crippen LogP contribution in [0.1, 0.15) is 176 Å². The number of rotatable bonds is 18. The fourth-order valence-electron chi connectivity index (χ4n) is 7.04. The van der Waals surface area contributed by atoms with Gasteiger partial charge in [0.15, 0.2) is 0 Å². The molecule has 13 heteroatoms. The maximum absolute atomic E-state index is 11.8. The van der Waals surface area contributed by atoms with Crippen LogP contribution in [-0.2, 0) is 61.4 Å². The van der Waals surface area contributed by atoms with Crippen molar-refractivity contribution < 1.29 is 50.8 Å². The molecule has 440 valence electrons. The lowest BCUT2D eigenvalue weighted by molar-refractivity contribution is -0.138. The summed E-state index contributed by atoms with van der Waals surface area (Å²) in [5, 5.41) is 17.1. The van der Waals surface area contributed by atoms with E-state index in [1.54, 1.807) is 121 Å². The summed E-state index contributed by atoms with van der Waals surface area (Å²) in [6, 6.07) is 55.9. The van der Waals surface area contributed by atoms with Crippen LogP contribution in [0.5, 0.6) is 0 Å². The summed E-state index contributed by atoms with van der Waals surface area (Å²) in [7, 11) is 0. The molecule has 0 fully saturated rings. The van der Waals surface area contributed by atoms with Crippen molar-refractivity contribution in [3.63, 3.8) is 0 Å². The lowest BCUT2D eigenvalue weighted by Gasteiger charge is -2.11. The van der Waals surface area contributed by atoms with E-state index < -0.39 is 24.4 Å². The second-order valence-electron chi connectivity index (χ2n) is 16.2. The summed E-state index contributed by atoms with van der Waals surface area (Å²) in [5.41, 5.74) is 8.50. The first-order chi connectivity index (χ1) is 39.3. The summed E-state index contributed by atoms with van der Waals surface area (Å²) < 4.78 is 31.7. The topological polar surface area (TPSA) is 181 Å². The monoisotopic (exact) mass is 1120 g/mol. The highest BCUT2D eigenvalue weighted by atomic mass is 16.5. The smallest absolute Gasteiger partial charge is 0.338 e.